The van der Waals surface area contributed by atoms with Crippen molar-refractivity contribution in [1.29, 1.82) is 5.26 Å². The molecule has 3 aromatic rings. The van der Waals surface area contributed by atoms with Crippen LogP contribution in [0.3, 0.4) is 0 Å². The third-order valence-corrected chi connectivity index (χ3v) is 3.07. The molecule has 0 aliphatic rings. The fourth-order valence-electron chi connectivity index (χ4n) is 1.82. The average molecular weight is 465 g/mol. The number of nitrogen functional groups attached to an aromatic ring is 2. The molecule has 0 spiro atoms. The highest BCUT2D eigenvalue weighted by atomic mass is 35.5. The summed E-state index contributed by atoms with van der Waals surface area (Å²) in [6.07, 6.45) is 4.51. The van der Waals surface area contributed by atoms with Gasteiger partial charge in [-0.2, -0.15) is 10.4 Å². The summed E-state index contributed by atoms with van der Waals surface area (Å²) in [5.74, 6) is 5.17. The molecule has 32 heavy (non-hydrogen) atoms. The van der Waals surface area contributed by atoms with Crippen LogP contribution in [-0.2, 0) is 4.74 Å². The summed E-state index contributed by atoms with van der Waals surface area (Å²) in [6.45, 7) is 4.42. The Balaban J connectivity index is 0. The molecule has 0 amide bonds. The molecule has 0 saturated heterocycles. The third-order valence-electron chi connectivity index (χ3n) is 3.07. The van der Waals surface area contributed by atoms with Crippen LogP contribution in [0.2, 0.25) is 0 Å². The molecule has 3 rings (SSSR count). The van der Waals surface area contributed by atoms with E-state index in [4.69, 9.17) is 21.9 Å². The van der Waals surface area contributed by atoms with Gasteiger partial charge in [0.1, 0.15) is 11.6 Å². The maximum absolute atomic E-state index is 12.4. The number of nitriles is 1. The summed E-state index contributed by atoms with van der Waals surface area (Å²) in [7, 11) is 0. The van der Waals surface area contributed by atoms with Crippen LogP contribution in [0, 0.1) is 17.1 Å². The van der Waals surface area contributed by atoms with Crippen molar-refractivity contribution < 1.29 is 14.2 Å². The number of allylic oxidation sites excluding steroid dienone is 1. The number of nitrogens with zero attached hydrogens (tertiary/aromatic N) is 3. The Kier molecular flexibility index (Phi) is 19.8. The van der Waals surface area contributed by atoms with Crippen LogP contribution in [0.1, 0.15) is 13.8 Å². The van der Waals surface area contributed by atoms with Gasteiger partial charge < -0.3 is 21.0 Å². The van der Waals surface area contributed by atoms with Crippen LogP contribution in [0.25, 0.3) is 5.69 Å². The first-order chi connectivity index (χ1) is 15.0. The number of hydrogen-bond donors (Lipinski definition) is 4. The number of aliphatic hydroxyl groups excluding tert-OH is 1. The van der Waals surface area contributed by atoms with E-state index in [1.165, 1.54) is 18.4 Å². The lowest BCUT2D eigenvalue weighted by Crippen LogP contribution is -2.07. The van der Waals surface area contributed by atoms with Crippen molar-refractivity contribution in [3.05, 3.63) is 85.0 Å². The third kappa shape index (κ3) is 14.4. The summed E-state index contributed by atoms with van der Waals surface area (Å²) in [4.78, 5) is 0. The van der Waals surface area contributed by atoms with E-state index in [-0.39, 0.29) is 24.8 Å². The van der Waals surface area contributed by atoms with Crippen LogP contribution in [-0.4, -0.2) is 28.1 Å². The summed E-state index contributed by atoms with van der Waals surface area (Å²) in [5, 5.41) is 19.5. The maximum atomic E-state index is 12.4. The summed E-state index contributed by atoms with van der Waals surface area (Å²) in [6, 6.07) is 19.6. The van der Waals surface area contributed by atoms with E-state index in [0.29, 0.717) is 18.1 Å². The molecule has 10 heteroatoms. The lowest BCUT2D eigenvalue weighted by atomic mass is 10.3. The summed E-state index contributed by atoms with van der Waals surface area (Å²) < 4.78 is 18.9. The quantitative estimate of drug-likeness (QED) is 0.198. The van der Waals surface area contributed by atoms with Gasteiger partial charge in [0.25, 0.3) is 0 Å². The van der Waals surface area contributed by atoms with E-state index >= 15 is 0 Å². The van der Waals surface area contributed by atoms with E-state index < -0.39 is 0 Å². The molecular formula is C22H30ClFN6O2. The first-order valence-corrected chi connectivity index (χ1v) is 9.38. The Hall–Kier alpha value is -3.58. The van der Waals surface area contributed by atoms with Crippen molar-refractivity contribution in [2.45, 2.75) is 13.8 Å². The van der Waals surface area contributed by atoms with E-state index in [2.05, 4.69) is 15.3 Å². The first-order valence-electron chi connectivity index (χ1n) is 9.38. The minimum Gasteiger partial charge on any atom is -0.501 e. The Morgan fingerprint density at radius 2 is 1.75 bits per heavy atom. The zero-order chi connectivity index (χ0) is 23.3. The van der Waals surface area contributed by atoms with Gasteiger partial charge in [-0.3, -0.25) is 5.84 Å². The summed E-state index contributed by atoms with van der Waals surface area (Å²) >= 11 is 0. The van der Waals surface area contributed by atoms with E-state index in [9.17, 15) is 4.39 Å². The molecule has 0 fully saturated rings. The van der Waals surface area contributed by atoms with Crippen molar-refractivity contribution in [3.8, 4) is 11.8 Å². The number of anilines is 2. The number of nitrogens with one attached hydrogen (secondary N) is 1. The fourth-order valence-corrected chi connectivity index (χ4v) is 1.82. The van der Waals surface area contributed by atoms with Crippen molar-refractivity contribution in [3.63, 3.8) is 0 Å². The van der Waals surface area contributed by atoms with Gasteiger partial charge in [-0.25, -0.2) is 9.07 Å². The molecule has 0 aliphatic carbocycles. The molecule has 0 aliphatic heterocycles. The molecule has 8 nitrogen and oxygen atoms in total. The number of nitrogens with two attached hydrogens (primary N) is 2. The Morgan fingerprint density at radius 3 is 2.19 bits per heavy atom. The van der Waals surface area contributed by atoms with Crippen molar-refractivity contribution in [2.24, 2.45) is 5.84 Å². The van der Waals surface area contributed by atoms with E-state index in [0.717, 1.165) is 5.69 Å². The van der Waals surface area contributed by atoms with Crippen LogP contribution in [0.5, 0.6) is 0 Å². The molecule has 2 aromatic carbocycles. The maximum Gasteiger partial charge on any atom is 0.147 e. The fraction of sp³-hybridized carbons (Fsp3) is 0.182. The van der Waals surface area contributed by atoms with Crippen LogP contribution >= 0.6 is 12.4 Å². The molecule has 0 unspecified atom stereocenters. The number of hydrogen-bond acceptors (Lipinski definition) is 7. The minimum absolute atomic E-state index is 0. The monoisotopic (exact) mass is 464 g/mol. The molecule has 0 bridgehead atoms. The number of aromatic nitrogens is 2. The predicted octanol–water partition coefficient (Wildman–Crippen LogP) is 4.05. The Morgan fingerprint density at radius 1 is 1.16 bits per heavy atom. The lowest BCUT2D eigenvalue weighted by Gasteiger charge is -1.98. The highest BCUT2D eigenvalue weighted by molar-refractivity contribution is 5.85. The topological polar surface area (TPSA) is 135 Å². The first kappa shape index (κ1) is 30.6. The van der Waals surface area contributed by atoms with Gasteiger partial charge in [0.05, 0.1) is 36.4 Å². The Labute approximate surface area is 194 Å². The van der Waals surface area contributed by atoms with E-state index in [1.807, 2.05) is 43.5 Å². The molecule has 0 radical (unpaired) electrons. The van der Waals surface area contributed by atoms with E-state index in [1.54, 1.807) is 41.9 Å². The zero-order valence-corrected chi connectivity index (χ0v) is 18.9. The van der Waals surface area contributed by atoms with Crippen molar-refractivity contribution >= 4 is 23.9 Å². The molecular weight excluding hydrogens is 435 g/mol. The van der Waals surface area contributed by atoms with Gasteiger partial charge in [0.2, 0.25) is 0 Å². The number of rotatable bonds is 4. The molecule has 0 saturated carbocycles. The van der Waals surface area contributed by atoms with Crippen LogP contribution < -0.4 is 17.0 Å². The SMILES string of the molecule is CCO.CCO/C=C/C#N.Cl.NNc1ccccc1F.Nc1ccn(-c2ccccc2)n1. The van der Waals surface area contributed by atoms with Crippen LogP contribution in [0.4, 0.5) is 15.9 Å². The number of halogens is 2. The molecule has 1 heterocycles. The Bertz CT molecular complexity index is 901. The largest absolute Gasteiger partial charge is 0.501 e. The number of ether oxygens (including phenoxy) is 1. The normalized spacial score (nSPS) is 8.75. The van der Waals surface area contributed by atoms with Crippen LogP contribution in [0.15, 0.2) is 79.2 Å². The predicted molar refractivity (Wildman–Crippen MR) is 129 cm³/mol. The number of hydrazine groups is 1. The molecule has 6 N–H and O–H groups in total. The van der Waals surface area contributed by atoms with Crippen molar-refractivity contribution in [2.75, 3.05) is 24.4 Å². The molecule has 0 atom stereocenters. The lowest BCUT2D eigenvalue weighted by molar-refractivity contribution is 0.269. The zero-order valence-electron chi connectivity index (χ0n) is 18.1. The van der Waals surface area contributed by atoms with Gasteiger partial charge in [-0.15, -0.1) is 12.4 Å². The number of benzene rings is 2. The minimum atomic E-state index is -0.333. The van der Waals surface area contributed by atoms with Gasteiger partial charge >= 0.3 is 0 Å². The summed E-state index contributed by atoms with van der Waals surface area (Å²) in [5.41, 5.74) is 9.04. The second kappa shape index (κ2) is 20.7. The number of aliphatic hydroxyl groups is 1. The number of para-hydroxylation sites is 2. The standard InChI is InChI=1S/C9H9N3.C6H7FN2.C5H7NO.C2H6O.ClH/c10-9-6-7-12(11-9)8-4-2-1-3-5-8;7-5-3-1-2-4-6(5)9-8;1-2-7-5-3-4-6;1-2-3;/h1-7H,(H2,10,11);1-4,9H,8H2;3,5H,2H2,1H3;3H,2H2,1H3;1H/b;;5-3+;;. The van der Waals surface area contributed by atoms with Gasteiger partial charge in [-0.05, 0) is 38.1 Å². The highest BCUT2D eigenvalue weighted by Crippen LogP contribution is 2.09. The van der Waals surface area contributed by atoms with Gasteiger partial charge in [0.15, 0.2) is 0 Å². The van der Waals surface area contributed by atoms with Gasteiger partial charge in [0, 0.05) is 18.9 Å². The highest BCUT2D eigenvalue weighted by Gasteiger charge is 1.95. The smallest absolute Gasteiger partial charge is 0.147 e. The average Bonchev–Trinajstić information content (AvgIpc) is 3.23. The second-order valence-electron chi connectivity index (χ2n) is 5.35. The second-order valence-corrected chi connectivity index (χ2v) is 5.35. The molecule has 174 valence electrons. The van der Waals surface area contributed by atoms with Crippen molar-refractivity contribution in [1.82, 2.24) is 9.78 Å². The molecule has 1 aromatic heterocycles. The van der Waals surface area contributed by atoms with Gasteiger partial charge in [-0.1, -0.05) is 30.3 Å².